The van der Waals surface area contributed by atoms with E-state index in [1.807, 2.05) is 62.4 Å². The van der Waals surface area contributed by atoms with Gasteiger partial charge in [0.05, 0.1) is 0 Å². The number of fused-ring (bicyclic) bond motifs is 4. The van der Waals surface area contributed by atoms with Gasteiger partial charge in [-0.2, -0.15) is 26.3 Å². The number of halogens is 6. The normalized spacial score (nSPS) is 30.6. The van der Waals surface area contributed by atoms with Crippen LogP contribution < -0.4 is 0 Å². The van der Waals surface area contributed by atoms with Crippen LogP contribution in [0.25, 0.3) is 9.81 Å². The van der Waals surface area contributed by atoms with Gasteiger partial charge >= 0.3 is 17.8 Å². The van der Waals surface area contributed by atoms with E-state index in [4.69, 9.17) is 0 Å². The highest BCUT2D eigenvalue weighted by atomic mass is 32.2. The summed E-state index contributed by atoms with van der Waals surface area (Å²) < 4.78 is 91.4. The lowest BCUT2D eigenvalue weighted by Crippen LogP contribution is -2.47. The van der Waals surface area contributed by atoms with Gasteiger partial charge in [-0.1, -0.05) is 109 Å². The molecule has 0 amide bonds. The molecule has 192 valence electrons. The molecule has 6 rings (SSSR count). The lowest BCUT2D eigenvalue weighted by atomic mass is 9.60. The van der Waals surface area contributed by atoms with Crippen LogP contribution in [0, 0.1) is 24.7 Å². The van der Waals surface area contributed by atoms with E-state index in [2.05, 4.69) is 0 Å². The van der Waals surface area contributed by atoms with Crippen LogP contribution in [0.2, 0.25) is 0 Å². The Bertz CT molecular complexity index is 1370. The Morgan fingerprint density at radius 1 is 0.541 bits per heavy atom. The number of benzene rings is 2. The molecule has 2 unspecified atom stereocenters. The van der Waals surface area contributed by atoms with Crippen LogP contribution >= 0.6 is 23.5 Å². The summed E-state index contributed by atoms with van der Waals surface area (Å²) >= 11 is 1.80. The Morgan fingerprint density at radius 2 is 0.865 bits per heavy atom. The molecule has 2 aliphatic heterocycles. The first-order chi connectivity index (χ1) is 17.1. The Kier molecular flexibility index (Phi) is 5.00. The lowest BCUT2D eigenvalue weighted by Gasteiger charge is -2.45. The Labute approximate surface area is 219 Å². The van der Waals surface area contributed by atoms with Crippen LogP contribution in [0.4, 0.5) is 26.3 Å². The van der Waals surface area contributed by atoms with Gasteiger partial charge < -0.3 is 0 Å². The van der Waals surface area contributed by atoms with E-state index in [0.29, 0.717) is 9.81 Å². The van der Waals surface area contributed by atoms with Crippen LogP contribution in [-0.2, 0) is 0 Å². The van der Waals surface area contributed by atoms with E-state index in [9.17, 15) is 8.78 Å². The molecular weight excluding hydrogens is 526 g/mol. The molecule has 1 saturated carbocycles. The quantitative estimate of drug-likeness (QED) is 0.343. The average Bonchev–Trinajstić information content (AvgIpc) is 3.40. The third kappa shape index (κ3) is 2.97. The molecule has 0 bridgehead atoms. The molecule has 0 N–H and O–H groups in total. The smallest absolute Gasteiger partial charge is 0.194 e. The number of hydrogen-bond acceptors (Lipinski definition) is 2. The van der Waals surface area contributed by atoms with Crippen molar-refractivity contribution in [3.8, 4) is 0 Å². The van der Waals surface area contributed by atoms with Crippen molar-refractivity contribution in [3.63, 3.8) is 0 Å². The predicted octanol–water partition coefficient (Wildman–Crippen LogP) is 9.63. The molecule has 37 heavy (non-hydrogen) atoms. The maximum Gasteiger partial charge on any atom is 0.380 e. The molecule has 0 nitrogen and oxygen atoms in total. The van der Waals surface area contributed by atoms with Gasteiger partial charge in [-0.3, -0.25) is 0 Å². The SMILES string of the molecule is Cc1ccc(C2=CC3(C)C(=C4C(=C5SC(c6ccc(C)cc6)=CC53C)C(F)(F)C(F)(F)C4(F)F)S2)cc1. The van der Waals surface area contributed by atoms with Crippen LogP contribution in [0.15, 0.2) is 81.6 Å². The molecule has 0 aromatic heterocycles. The molecule has 1 fully saturated rings. The van der Waals surface area contributed by atoms with Gasteiger partial charge in [-0.25, -0.2) is 0 Å². The molecule has 2 aromatic carbocycles. The summed E-state index contributed by atoms with van der Waals surface area (Å²) in [7, 11) is 0. The molecule has 4 aliphatic rings. The molecule has 2 aliphatic carbocycles. The van der Waals surface area contributed by atoms with Crippen LogP contribution in [0.5, 0.6) is 0 Å². The summed E-state index contributed by atoms with van der Waals surface area (Å²) in [5.41, 5.74) is -1.46. The fraction of sp³-hybridized carbons (Fsp3) is 0.310. The van der Waals surface area contributed by atoms with Gasteiger partial charge in [-0.15, -0.1) is 0 Å². The fourth-order valence-electron chi connectivity index (χ4n) is 5.60. The molecule has 2 heterocycles. The van der Waals surface area contributed by atoms with Gasteiger partial charge in [-0.05, 0) is 25.0 Å². The van der Waals surface area contributed by atoms with Crippen molar-refractivity contribution in [3.05, 3.63) is 104 Å². The zero-order chi connectivity index (χ0) is 26.8. The van der Waals surface area contributed by atoms with E-state index in [0.717, 1.165) is 45.8 Å². The molecule has 8 heteroatoms. The second-order valence-corrected chi connectivity index (χ2v) is 12.6. The largest absolute Gasteiger partial charge is 0.380 e. The van der Waals surface area contributed by atoms with E-state index in [1.54, 1.807) is 26.0 Å². The Hall–Kier alpha value is -2.32. The zero-order valence-corrected chi connectivity index (χ0v) is 22.0. The summed E-state index contributed by atoms with van der Waals surface area (Å²) in [6.45, 7) is 7.21. The third-order valence-electron chi connectivity index (χ3n) is 8.08. The standard InChI is InChI=1S/C29H22F6S2/c1-15-5-9-17(10-6-15)19-13-25(3)23(36-19)21-22(28(32,33)29(34,35)27(21,30)31)24-26(25,4)14-20(37-24)18-11-7-16(2)8-12-18/h5-14H,1-4H3. The first-order valence-electron chi connectivity index (χ1n) is 11.7. The molecule has 0 saturated heterocycles. The maximum absolute atomic E-state index is 15.4. The van der Waals surface area contributed by atoms with Crippen molar-refractivity contribution in [1.82, 2.24) is 0 Å². The van der Waals surface area contributed by atoms with Crippen molar-refractivity contribution < 1.29 is 26.3 Å². The van der Waals surface area contributed by atoms with Crippen molar-refractivity contribution >= 4 is 33.3 Å². The first-order valence-corrected chi connectivity index (χ1v) is 13.4. The van der Waals surface area contributed by atoms with Crippen LogP contribution in [-0.4, -0.2) is 17.8 Å². The summed E-state index contributed by atoms with van der Waals surface area (Å²) in [5, 5.41) is 0. The van der Waals surface area contributed by atoms with Gasteiger partial charge in [0.1, 0.15) is 0 Å². The number of thioether (sulfide) groups is 2. The maximum atomic E-state index is 15.4. The highest BCUT2D eigenvalue weighted by molar-refractivity contribution is 8.12. The van der Waals surface area contributed by atoms with Gasteiger partial charge in [0, 0.05) is 41.6 Å². The monoisotopic (exact) mass is 548 g/mol. The number of aryl methyl sites for hydroxylation is 2. The third-order valence-corrected chi connectivity index (χ3v) is 10.9. The minimum absolute atomic E-state index is 0.131. The minimum Gasteiger partial charge on any atom is -0.194 e. The molecule has 0 spiro atoms. The average molecular weight is 549 g/mol. The number of allylic oxidation sites excluding steroid dienone is 6. The van der Waals surface area contributed by atoms with Crippen molar-refractivity contribution in [2.24, 2.45) is 10.8 Å². The van der Waals surface area contributed by atoms with Crippen LogP contribution in [0.3, 0.4) is 0 Å². The summed E-state index contributed by atoms with van der Waals surface area (Å²) in [4.78, 5) is 0.910. The van der Waals surface area contributed by atoms with Crippen molar-refractivity contribution in [2.45, 2.75) is 45.5 Å². The predicted molar refractivity (Wildman–Crippen MR) is 139 cm³/mol. The Balaban J connectivity index is 1.64. The fourth-order valence-corrected chi connectivity index (χ4v) is 8.76. The highest BCUT2D eigenvalue weighted by Crippen LogP contribution is 2.78. The number of alkyl halides is 6. The second-order valence-electron chi connectivity index (χ2n) is 10.5. The number of rotatable bonds is 2. The number of hydrogen-bond donors (Lipinski definition) is 0. The molecule has 0 radical (unpaired) electrons. The molecular formula is C29H22F6S2. The Morgan fingerprint density at radius 3 is 1.19 bits per heavy atom. The van der Waals surface area contributed by atoms with Crippen molar-refractivity contribution in [1.29, 1.82) is 0 Å². The highest BCUT2D eigenvalue weighted by Gasteiger charge is 2.84. The summed E-state index contributed by atoms with van der Waals surface area (Å²) in [5.74, 6) is -15.6. The minimum atomic E-state index is -5.54. The summed E-state index contributed by atoms with van der Waals surface area (Å²) in [6, 6.07) is 14.8. The first kappa shape index (κ1) is 25.0. The van der Waals surface area contributed by atoms with Crippen molar-refractivity contribution in [2.75, 3.05) is 0 Å². The lowest BCUT2D eigenvalue weighted by molar-refractivity contribution is -0.258. The topological polar surface area (TPSA) is 0 Å². The van der Waals surface area contributed by atoms with E-state index in [1.165, 1.54) is 0 Å². The van der Waals surface area contributed by atoms with E-state index < -0.39 is 39.7 Å². The molecule has 2 atom stereocenters. The second kappa shape index (κ2) is 7.41. The van der Waals surface area contributed by atoms with E-state index >= 15 is 17.6 Å². The van der Waals surface area contributed by atoms with Gasteiger partial charge in [0.25, 0.3) is 0 Å². The zero-order valence-electron chi connectivity index (χ0n) is 20.4. The van der Waals surface area contributed by atoms with Gasteiger partial charge in [0.15, 0.2) is 0 Å². The van der Waals surface area contributed by atoms with Gasteiger partial charge in [0.2, 0.25) is 0 Å². The molecule has 2 aromatic rings. The summed E-state index contributed by atoms with van der Waals surface area (Å²) in [6.07, 6.45) is 3.59. The van der Waals surface area contributed by atoms with Crippen LogP contribution in [0.1, 0.15) is 36.1 Å². The van der Waals surface area contributed by atoms with E-state index in [-0.39, 0.29) is 9.81 Å².